The lowest BCUT2D eigenvalue weighted by Gasteiger charge is -2.23. The fourth-order valence-electron chi connectivity index (χ4n) is 3.10. The fourth-order valence-corrected chi connectivity index (χ4v) is 3.10. The standard InChI is InChI=1S/C15H19F3N6O/c1-23-8-9-11(4-3-5-12(9)22-23)21-14(25)19-7-13-10(15(16,17)18)6-20-24(13)2/h6,8,11H,3-5,7H2,1-2H3,(H2,19,21,25). The summed E-state index contributed by atoms with van der Waals surface area (Å²) in [5.74, 6) is 0. The Morgan fingerprint density at radius 1 is 1.40 bits per heavy atom. The Balaban J connectivity index is 1.64. The van der Waals surface area contributed by atoms with Crippen molar-refractivity contribution in [3.63, 3.8) is 0 Å². The fraction of sp³-hybridized carbons (Fsp3) is 0.533. The maximum absolute atomic E-state index is 12.9. The van der Waals surface area contributed by atoms with Gasteiger partial charge >= 0.3 is 12.2 Å². The summed E-state index contributed by atoms with van der Waals surface area (Å²) in [6, 6.07) is -0.706. The summed E-state index contributed by atoms with van der Waals surface area (Å²) >= 11 is 0. The maximum atomic E-state index is 12.9. The minimum absolute atomic E-state index is 0.0895. The van der Waals surface area contributed by atoms with Gasteiger partial charge in [0.05, 0.1) is 35.7 Å². The monoisotopic (exact) mass is 356 g/mol. The lowest BCUT2D eigenvalue weighted by atomic mass is 9.93. The number of nitrogens with one attached hydrogen (secondary N) is 2. The number of aryl methyl sites for hydroxylation is 3. The molecule has 2 amide bonds. The quantitative estimate of drug-likeness (QED) is 0.884. The van der Waals surface area contributed by atoms with E-state index in [-0.39, 0.29) is 18.3 Å². The first kappa shape index (κ1) is 17.3. The summed E-state index contributed by atoms with van der Waals surface area (Å²) in [5.41, 5.74) is 0.973. The van der Waals surface area contributed by atoms with E-state index in [0.717, 1.165) is 41.4 Å². The molecule has 1 atom stereocenters. The number of rotatable bonds is 3. The third kappa shape index (κ3) is 3.62. The molecule has 10 heteroatoms. The molecule has 2 aromatic rings. The summed E-state index contributed by atoms with van der Waals surface area (Å²) in [6.07, 6.45) is 0.649. The number of fused-ring (bicyclic) bond motifs is 1. The van der Waals surface area contributed by atoms with Crippen molar-refractivity contribution in [1.29, 1.82) is 0 Å². The van der Waals surface area contributed by atoms with Gasteiger partial charge in [-0.2, -0.15) is 23.4 Å². The molecule has 2 heterocycles. The number of hydrogen-bond acceptors (Lipinski definition) is 3. The molecule has 0 saturated heterocycles. The van der Waals surface area contributed by atoms with Gasteiger partial charge in [0.2, 0.25) is 0 Å². The maximum Gasteiger partial charge on any atom is 0.419 e. The molecule has 2 aromatic heterocycles. The lowest BCUT2D eigenvalue weighted by molar-refractivity contribution is -0.138. The van der Waals surface area contributed by atoms with Crippen LogP contribution >= 0.6 is 0 Å². The number of alkyl halides is 3. The average Bonchev–Trinajstić information content (AvgIpc) is 3.07. The molecule has 0 aromatic carbocycles. The van der Waals surface area contributed by atoms with Crippen LogP contribution in [0.3, 0.4) is 0 Å². The molecule has 1 aliphatic rings. The SMILES string of the molecule is Cn1cc2c(n1)CCCC2NC(=O)NCc1c(C(F)(F)F)cnn1C. The molecule has 7 nitrogen and oxygen atoms in total. The van der Waals surface area contributed by atoms with Gasteiger partial charge in [-0.05, 0) is 19.3 Å². The smallest absolute Gasteiger partial charge is 0.332 e. The van der Waals surface area contributed by atoms with Crippen molar-refractivity contribution in [2.45, 2.75) is 38.0 Å². The third-order valence-electron chi connectivity index (χ3n) is 4.31. The molecule has 0 spiro atoms. The number of amides is 2. The summed E-state index contributed by atoms with van der Waals surface area (Å²) in [7, 11) is 3.23. The van der Waals surface area contributed by atoms with Crippen LogP contribution in [0.15, 0.2) is 12.4 Å². The molecule has 1 unspecified atom stereocenters. The van der Waals surface area contributed by atoms with Crippen LogP contribution in [0.25, 0.3) is 0 Å². The minimum atomic E-state index is -4.50. The number of carbonyl (C=O) groups is 1. The van der Waals surface area contributed by atoms with Crippen molar-refractivity contribution in [2.24, 2.45) is 14.1 Å². The van der Waals surface area contributed by atoms with Gasteiger partial charge in [-0.1, -0.05) is 0 Å². The van der Waals surface area contributed by atoms with Crippen molar-refractivity contribution >= 4 is 6.03 Å². The number of hydrogen-bond donors (Lipinski definition) is 2. The second kappa shape index (κ2) is 6.41. The van der Waals surface area contributed by atoms with Gasteiger partial charge in [-0.3, -0.25) is 9.36 Å². The third-order valence-corrected chi connectivity index (χ3v) is 4.31. The summed E-state index contributed by atoms with van der Waals surface area (Å²) < 4.78 is 41.6. The van der Waals surface area contributed by atoms with E-state index in [0.29, 0.717) is 0 Å². The van der Waals surface area contributed by atoms with E-state index < -0.39 is 17.8 Å². The van der Waals surface area contributed by atoms with Crippen LogP contribution in [-0.2, 0) is 33.2 Å². The van der Waals surface area contributed by atoms with Crippen molar-refractivity contribution in [2.75, 3.05) is 0 Å². The normalized spacial score (nSPS) is 17.2. The molecule has 0 radical (unpaired) electrons. The predicted molar refractivity (Wildman–Crippen MR) is 82.5 cm³/mol. The average molecular weight is 356 g/mol. The first-order valence-corrected chi connectivity index (χ1v) is 7.90. The Morgan fingerprint density at radius 3 is 2.88 bits per heavy atom. The molecule has 1 aliphatic carbocycles. The van der Waals surface area contributed by atoms with Crippen molar-refractivity contribution < 1.29 is 18.0 Å². The van der Waals surface area contributed by atoms with Crippen LogP contribution < -0.4 is 10.6 Å². The van der Waals surface area contributed by atoms with E-state index in [4.69, 9.17) is 0 Å². The number of aromatic nitrogens is 4. The minimum Gasteiger partial charge on any atom is -0.332 e. The Hall–Kier alpha value is -2.52. The van der Waals surface area contributed by atoms with Crippen LogP contribution in [0.2, 0.25) is 0 Å². The molecule has 0 bridgehead atoms. The van der Waals surface area contributed by atoms with Crippen LogP contribution in [0, 0.1) is 0 Å². The number of halogens is 3. The van der Waals surface area contributed by atoms with E-state index in [1.165, 1.54) is 7.05 Å². The lowest BCUT2D eigenvalue weighted by Crippen LogP contribution is -2.39. The largest absolute Gasteiger partial charge is 0.419 e. The van der Waals surface area contributed by atoms with Crippen molar-refractivity contribution in [3.05, 3.63) is 34.9 Å². The Morgan fingerprint density at radius 2 is 2.16 bits per heavy atom. The van der Waals surface area contributed by atoms with Crippen LogP contribution in [0.4, 0.5) is 18.0 Å². The zero-order chi connectivity index (χ0) is 18.2. The topological polar surface area (TPSA) is 76.8 Å². The molecule has 0 aliphatic heterocycles. The molecule has 2 N–H and O–H groups in total. The van der Waals surface area contributed by atoms with Gasteiger partial charge in [0, 0.05) is 25.9 Å². The Bertz CT molecular complexity index is 779. The molecule has 0 fully saturated rings. The van der Waals surface area contributed by atoms with E-state index in [9.17, 15) is 18.0 Å². The van der Waals surface area contributed by atoms with E-state index >= 15 is 0 Å². The van der Waals surface area contributed by atoms with Gasteiger partial charge in [-0.15, -0.1) is 0 Å². The number of nitrogens with zero attached hydrogens (tertiary/aromatic N) is 4. The van der Waals surface area contributed by atoms with Gasteiger partial charge in [0.25, 0.3) is 0 Å². The highest BCUT2D eigenvalue weighted by molar-refractivity contribution is 5.74. The zero-order valence-electron chi connectivity index (χ0n) is 13.9. The van der Waals surface area contributed by atoms with Crippen LogP contribution in [0.1, 0.15) is 41.4 Å². The second-order valence-electron chi connectivity index (χ2n) is 6.10. The first-order valence-electron chi connectivity index (χ1n) is 7.90. The first-order chi connectivity index (χ1) is 11.8. The van der Waals surface area contributed by atoms with Crippen LogP contribution in [-0.4, -0.2) is 25.6 Å². The highest BCUT2D eigenvalue weighted by Crippen LogP contribution is 2.31. The summed E-state index contributed by atoms with van der Waals surface area (Å²) in [5, 5.41) is 13.3. The molecule has 0 saturated carbocycles. The number of urea groups is 1. The molecular formula is C15H19F3N6O. The van der Waals surface area contributed by atoms with Crippen molar-refractivity contribution in [3.8, 4) is 0 Å². The van der Waals surface area contributed by atoms with Crippen molar-refractivity contribution in [1.82, 2.24) is 30.2 Å². The molecule has 136 valence electrons. The molecule has 3 rings (SSSR count). The molecular weight excluding hydrogens is 337 g/mol. The van der Waals surface area contributed by atoms with E-state index in [1.54, 1.807) is 4.68 Å². The number of carbonyl (C=O) groups excluding carboxylic acids is 1. The Labute approximate surface area is 142 Å². The molecule has 25 heavy (non-hydrogen) atoms. The highest BCUT2D eigenvalue weighted by Gasteiger charge is 2.36. The summed E-state index contributed by atoms with van der Waals surface area (Å²) in [6.45, 7) is -0.260. The second-order valence-corrected chi connectivity index (χ2v) is 6.10. The zero-order valence-corrected chi connectivity index (χ0v) is 13.9. The van der Waals surface area contributed by atoms with Gasteiger partial charge < -0.3 is 10.6 Å². The highest BCUT2D eigenvalue weighted by atomic mass is 19.4. The summed E-state index contributed by atoms with van der Waals surface area (Å²) in [4.78, 5) is 12.1. The predicted octanol–water partition coefficient (Wildman–Crippen LogP) is 2.05. The van der Waals surface area contributed by atoms with E-state index in [1.807, 2.05) is 13.2 Å². The van der Waals surface area contributed by atoms with Gasteiger partial charge in [0.1, 0.15) is 0 Å². The Kier molecular flexibility index (Phi) is 4.44. The van der Waals surface area contributed by atoms with Crippen LogP contribution in [0.5, 0.6) is 0 Å². The van der Waals surface area contributed by atoms with Gasteiger partial charge in [-0.25, -0.2) is 4.79 Å². The van der Waals surface area contributed by atoms with E-state index in [2.05, 4.69) is 20.8 Å². The van der Waals surface area contributed by atoms with Gasteiger partial charge in [0.15, 0.2) is 0 Å².